The summed E-state index contributed by atoms with van der Waals surface area (Å²) in [4.78, 5) is 37.0. The van der Waals surface area contributed by atoms with Crippen LogP contribution in [0.25, 0.3) is 6.08 Å². The lowest BCUT2D eigenvalue weighted by atomic mass is 10.1. The SMILES string of the molecule is CN1C(=O)C2C(N=C(N3CCOCC3)N2C/C=C/c2ccccc2)N(C)C1=O. The van der Waals surface area contributed by atoms with Gasteiger partial charge >= 0.3 is 6.03 Å². The summed E-state index contributed by atoms with van der Waals surface area (Å²) in [5.74, 6) is 0.549. The molecule has 0 aliphatic carbocycles. The molecule has 3 aliphatic heterocycles. The van der Waals surface area contributed by atoms with E-state index in [0.29, 0.717) is 19.8 Å². The number of fused-ring (bicyclic) bond motifs is 1. The fraction of sp³-hybridized carbons (Fsp3) is 0.450. The number of morpholine rings is 1. The summed E-state index contributed by atoms with van der Waals surface area (Å²) in [6.45, 7) is 3.24. The molecular weight excluding hydrogens is 358 g/mol. The van der Waals surface area contributed by atoms with Crippen molar-refractivity contribution in [3.05, 3.63) is 42.0 Å². The van der Waals surface area contributed by atoms with Crippen molar-refractivity contribution in [2.45, 2.75) is 12.2 Å². The fourth-order valence-electron chi connectivity index (χ4n) is 3.84. The number of nitrogens with zero attached hydrogens (tertiary/aromatic N) is 5. The summed E-state index contributed by atoms with van der Waals surface area (Å²) in [6, 6.07) is 9.20. The lowest BCUT2D eigenvalue weighted by Crippen LogP contribution is -2.64. The summed E-state index contributed by atoms with van der Waals surface area (Å²) < 4.78 is 5.46. The van der Waals surface area contributed by atoms with Crippen LogP contribution in [0.3, 0.4) is 0 Å². The highest BCUT2D eigenvalue weighted by molar-refractivity contribution is 6.03. The van der Waals surface area contributed by atoms with Gasteiger partial charge in [-0.3, -0.25) is 9.69 Å². The first-order valence-corrected chi connectivity index (χ1v) is 9.51. The normalized spacial score (nSPS) is 25.6. The molecule has 8 nitrogen and oxygen atoms in total. The highest BCUT2D eigenvalue weighted by Crippen LogP contribution is 2.28. The second kappa shape index (κ2) is 7.63. The van der Waals surface area contributed by atoms with Crippen molar-refractivity contribution in [2.24, 2.45) is 4.99 Å². The molecule has 2 atom stereocenters. The maximum atomic E-state index is 12.9. The molecule has 1 aromatic carbocycles. The molecule has 0 radical (unpaired) electrons. The zero-order chi connectivity index (χ0) is 19.7. The summed E-state index contributed by atoms with van der Waals surface area (Å²) >= 11 is 0. The molecular formula is C20H25N5O3. The van der Waals surface area contributed by atoms with Gasteiger partial charge in [0.05, 0.1) is 13.2 Å². The molecule has 8 heteroatoms. The molecule has 0 saturated carbocycles. The third-order valence-corrected chi connectivity index (χ3v) is 5.40. The Bertz CT molecular complexity index is 803. The number of carbonyl (C=O) groups excluding carboxylic acids is 2. The Hall–Kier alpha value is -2.87. The van der Waals surface area contributed by atoms with E-state index in [-0.39, 0.29) is 11.9 Å². The van der Waals surface area contributed by atoms with Gasteiger partial charge in [0.25, 0.3) is 5.91 Å². The van der Waals surface area contributed by atoms with Gasteiger partial charge in [-0.2, -0.15) is 0 Å². The maximum absolute atomic E-state index is 12.9. The summed E-state index contributed by atoms with van der Waals surface area (Å²) in [6.07, 6.45) is 3.58. The summed E-state index contributed by atoms with van der Waals surface area (Å²) in [5.41, 5.74) is 1.10. The van der Waals surface area contributed by atoms with E-state index in [1.165, 1.54) is 11.9 Å². The molecule has 3 aliphatic rings. The van der Waals surface area contributed by atoms with Gasteiger partial charge in [-0.25, -0.2) is 9.79 Å². The van der Waals surface area contributed by atoms with Gasteiger partial charge in [-0.1, -0.05) is 42.5 Å². The molecule has 1 aromatic rings. The number of urea groups is 1. The molecule has 3 heterocycles. The minimum Gasteiger partial charge on any atom is -0.378 e. The van der Waals surface area contributed by atoms with E-state index < -0.39 is 12.2 Å². The topological polar surface area (TPSA) is 68.7 Å². The Balaban J connectivity index is 1.61. The molecule has 2 fully saturated rings. The Morgan fingerprint density at radius 1 is 1.14 bits per heavy atom. The number of carbonyl (C=O) groups is 2. The van der Waals surface area contributed by atoms with Gasteiger partial charge < -0.3 is 19.4 Å². The van der Waals surface area contributed by atoms with Gasteiger partial charge in [0.2, 0.25) is 0 Å². The number of likely N-dealkylation sites (N-methyl/N-ethyl adjacent to an activating group) is 2. The first kappa shape index (κ1) is 18.5. The van der Waals surface area contributed by atoms with Crippen LogP contribution in [0.15, 0.2) is 41.4 Å². The highest BCUT2D eigenvalue weighted by atomic mass is 16.5. The summed E-state index contributed by atoms with van der Waals surface area (Å²) in [7, 11) is 3.23. The minimum absolute atomic E-state index is 0.215. The Labute approximate surface area is 164 Å². The molecule has 4 rings (SSSR count). The average molecular weight is 383 g/mol. The molecule has 0 bridgehead atoms. The first-order valence-electron chi connectivity index (χ1n) is 9.51. The summed E-state index contributed by atoms with van der Waals surface area (Å²) in [5, 5.41) is 0. The molecule has 2 saturated heterocycles. The van der Waals surface area contributed by atoms with Crippen molar-refractivity contribution in [2.75, 3.05) is 46.9 Å². The lowest BCUT2D eigenvalue weighted by Gasteiger charge is -2.40. The molecule has 0 N–H and O–H groups in total. The molecule has 28 heavy (non-hydrogen) atoms. The molecule has 2 unspecified atom stereocenters. The van der Waals surface area contributed by atoms with Gasteiger partial charge in [0.1, 0.15) is 0 Å². The van der Waals surface area contributed by atoms with Gasteiger partial charge in [-0.15, -0.1) is 0 Å². The van der Waals surface area contributed by atoms with E-state index in [0.717, 1.165) is 24.6 Å². The quantitative estimate of drug-likeness (QED) is 0.777. The number of guanidine groups is 1. The number of ether oxygens (including phenoxy) is 1. The van der Waals surface area contributed by atoms with Crippen LogP contribution in [0.1, 0.15) is 5.56 Å². The largest absolute Gasteiger partial charge is 0.378 e. The number of benzene rings is 1. The van der Waals surface area contributed by atoms with Crippen molar-refractivity contribution in [3.63, 3.8) is 0 Å². The van der Waals surface area contributed by atoms with Crippen LogP contribution in [-0.4, -0.2) is 96.6 Å². The second-order valence-electron chi connectivity index (χ2n) is 7.14. The number of rotatable bonds is 3. The zero-order valence-electron chi connectivity index (χ0n) is 16.2. The number of aliphatic imine (C=N–C) groups is 1. The predicted octanol–water partition coefficient (Wildman–Crippen LogP) is 0.922. The van der Waals surface area contributed by atoms with Crippen molar-refractivity contribution in [1.29, 1.82) is 0 Å². The van der Waals surface area contributed by atoms with E-state index in [1.54, 1.807) is 11.9 Å². The van der Waals surface area contributed by atoms with E-state index in [4.69, 9.17) is 9.73 Å². The van der Waals surface area contributed by atoms with Crippen LogP contribution >= 0.6 is 0 Å². The molecule has 148 valence electrons. The van der Waals surface area contributed by atoms with Crippen LogP contribution in [0, 0.1) is 0 Å². The van der Waals surface area contributed by atoms with Crippen LogP contribution in [0.2, 0.25) is 0 Å². The van der Waals surface area contributed by atoms with Crippen molar-refractivity contribution >= 4 is 24.0 Å². The van der Waals surface area contributed by atoms with E-state index in [9.17, 15) is 9.59 Å². The van der Waals surface area contributed by atoms with Crippen molar-refractivity contribution in [1.82, 2.24) is 19.6 Å². The number of amides is 3. The van der Waals surface area contributed by atoms with Crippen LogP contribution < -0.4 is 0 Å². The van der Waals surface area contributed by atoms with Crippen LogP contribution in [0.5, 0.6) is 0 Å². The number of hydrogen-bond acceptors (Lipinski definition) is 6. The molecule has 3 amide bonds. The van der Waals surface area contributed by atoms with Gasteiger partial charge in [0, 0.05) is 33.7 Å². The first-order chi connectivity index (χ1) is 13.6. The van der Waals surface area contributed by atoms with Gasteiger partial charge in [0.15, 0.2) is 18.2 Å². The fourth-order valence-corrected chi connectivity index (χ4v) is 3.84. The maximum Gasteiger partial charge on any atom is 0.328 e. The second-order valence-corrected chi connectivity index (χ2v) is 7.14. The zero-order valence-corrected chi connectivity index (χ0v) is 16.2. The van der Waals surface area contributed by atoms with E-state index in [1.807, 2.05) is 47.4 Å². The molecule has 0 spiro atoms. The molecule has 0 aromatic heterocycles. The van der Waals surface area contributed by atoms with Crippen molar-refractivity contribution in [3.8, 4) is 0 Å². The van der Waals surface area contributed by atoms with Crippen molar-refractivity contribution < 1.29 is 14.3 Å². The number of hydrogen-bond donors (Lipinski definition) is 0. The third kappa shape index (κ3) is 3.24. The minimum atomic E-state index is -0.508. The third-order valence-electron chi connectivity index (χ3n) is 5.40. The monoisotopic (exact) mass is 383 g/mol. The standard InChI is InChI=1S/C20H25N5O3/c1-22-17-16(18(26)23(2)20(22)27)25(10-6-9-15-7-4-3-5-8-15)19(21-17)24-11-13-28-14-12-24/h3-9,16-17H,10-14H2,1-2H3/b9-6+. The van der Waals surface area contributed by atoms with Gasteiger partial charge in [-0.05, 0) is 5.56 Å². The predicted molar refractivity (Wildman–Crippen MR) is 106 cm³/mol. The van der Waals surface area contributed by atoms with Crippen LogP contribution in [0.4, 0.5) is 4.79 Å². The Morgan fingerprint density at radius 3 is 2.57 bits per heavy atom. The smallest absolute Gasteiger partial charge is 0.328 e. The Kier molecular flexibility index (Phi) is 5.04. The lowest BCUT2D eigenvalue weighted by molar-refractivity contribution is -0.136. The number of imide groups is 1. The highest BCUT2D eigenvalue weighted by Gasteiger charge is 2.51. The van der Waals surface area contributed by atoms with E-state index >= 15 is 0 Å². The van der Waals surface area contributed by atoms with Crippen LogP contribution in [-0.2, 0) is 9.53 Å². The Morgan fingerprint density at radius 2 is 1.86 bits per heavy atom. The van der Waals surface area contributed by atoms with E-state index in [2.05, 4.69) is 4.90 Å². The average Bonchev–Trinajstić information content (AvgIpc) is 3.12.